The fraction of sp³-hybridized carbons (Fsp3) is 0.143. The molecule has 0 aliphatic carbocycles. The largest absolute Gasteiger partial charge is 0.398 e. The summed E-state index contributed by atoms with van der Waals surface area (Å²) in [5.41, 5.74) is 6.44. The molecular weight excluding hydrogens is 185 g/mol. The number of anilines is 1. The van der Waals surface area contributed by atoms with Gasteiger partial charge in [0.1, 0.15) is 0 Å². The number of halogens is 2. The van der Waals surface area contributed by atoms with Crippen molar-refractivity contribution in [1.29, 1.82) is 0 Å². The highest BCUT2D eigenvalue weighted by Gasteiger charge is 2.06. The van der Waals surface area contributed by atoms with Crippen molar-refractivity contribution >= 4 is 28.9 Å². The summed E-state index contributed by atoms with van der Waals surface area (Å²) in [6, 6.07) is 3.21. The van der Waals surface area contributed by atoms with Crippen molar-refractivity contribution < 1.29 is 5.11 Å². The molecule has 1 aromatic rings. The second-order valence-electron chi connectivity index (χ2n) is 2.09. The summed E-state index contributed by atoms with van der Waals surface area (Å²) in [5.74, 6) is 0. The molecule has 3 N–H and O–H groups in total. The Balaban J connectivity index is 3.29. The van der Waals surface area contributed by atoms with Crippen LogP contribution >= 0.6 is 23.2 Å². The van der Waals surface area contributed by atoms with Crippen molar-refractivity contribution in [3.05, 3.63) is 27.7 Å². The maximum atomic E-state index is 8.80. The Bertz CT molecular complexity index is 275. The third-order valence-corrected chi connectivity index (χ3v) is 2.23. The van der Waals surface area contributed by atoms with Crippen LogP contribution in [-0.2, 0) is 6.61 Å². The van der Waals surface area contributed by atoms with E-state index in [0.29, 0.717) is 21.3 Å². The molecule has 1 aromatic carbocycles. The normalized spacial score (nSPS) is 10.1. The van der Waals surface area contributed by atoms with Crippen LogP contribution in [0.1, 0.15) is 5.56 Å². The van der Waals surface area contributed by atoms with Gasteiger partial charge >= 0.3 is 0 Å². The number of hydrogen-bond acceptors (Lipinski definition) is 2. The second-order valence-corrected chi connectivity index (χ2v) is 2.87. The smallest absolute Gasteiger partial charge is 0.0717 e. The van der Waals surface area contributed by atoms with Gasteiger partial charge in [-0.2, -0.15) is 0 Å². The Hall–Kier alpha value is -0.440. The number of hydrogen-bond donors (Lipinski definition) is 2. The molecule has 0 aliphatic rings. The van der Waals surface area contributed by atoms with Crippen LogP contribution in [0.25, 0.3) is 0 Å². The third kappa shape index (κ3) is 1.59. The summed E-state index contributed by atoms with van der Waals surface area (Å²) in [7, 11) is 0. The van der Waals surface area contributed by atoms with E-state index in [9.17, 15) is 0 Å². The Morgan fingerprint density at radius 1 is 1.36 bits per heavy atom. The number of benzene rings is 1. The van der Waals surface area contributed by atoms with Crippen LogP contribution in [0.4, 0.5) is 5.69 Å². The number of nitrogens with two attached hydrogens (primary N) is 1. The minimum atomic E-state index is -0.189. The first-order valence-electron chi connectivity index (χ1n) is 3.00. The average Bonchev–Trinajstić information content (AvgIpc) is 1.99. The van der Waals surface area contributed by atoms with Crippen LogP contribution in [-0.4, -0.2) is 5.11 Å². The van der Waals surface area contributed by atoms with Gasteiger partial charge in [-0.1, -0.05) is 23.2 Å². The van der Waals surface area contributed by atoms with Crippen LogP contribution in [0.5, 0.6) is 0 Å². The van der Waals surface area contributed by atoms with Gasteiger partial charge in [-0.15, -0.1) is 0 Å². The molecule has 0 saturated carbocycles. The monoisotopic (exact) mass is 191 g/mol. The van der Waals surface area contributed by atoms with Gasteiger partial charge in [0, 0.05) is 11.3 Å². The fourth-order valence-corrected chi connectivity index (χ4v) is 1.18. The van der Waals surface area contributed by atoms with E-state index in [1.54, 1.807) is 12.1 Å². The van der Waals surface area contributed by atoms with Gasteiger partial charge in [-0.25, -0.2) is 0 Å². The van der Waals surface area contributed by atoms with E-state index in [-0.39, 0.29) is 6.61 Å². The lowest BCUT2D eigenvalue weighted by atomic mass is 10.2. The Morgan fingerprint density at radius 3 is 2.45 bits per heavy atom. The molecule has 0 saturated heterocycles. The molecule has 2 nitrogen and oxygen atoms in total. The van der Waals surface area contributed by atoms with Gasteiger partial charge in [0.25, 0.3) is 0 Å². The summed E-state index contributed by atoms with van der Waals surface area (Å²) in [6.45, 7) is -0.189. The molecule has 0 fully saturated rings. The van der Waals surface area contributed by atoms with Crippen LogP contribution in [0.15, 0.2) is 12.1 Å². The lowest BCUT2D eigenvalue weighted by molar-refractivity contribution is 0.282. The standard InChI is InChI=1S/C7H7Cl2NO/c8-5-1-2-6(10)4(3-11)7(5)9/h1-2,11H,3,10H2. The molecule has 0 unspecified atom stereocenters. The topological polar surface area (TPSA) is 46.2 Å². The quantitative estimate of drug-likeness (QED) is 0.669. The van der Waals surface area contributed by atoms with E-state index < -0.39 is 0 Å². The van der Waals surface area contributed by atoms with Crippen molar-refractivity contribution in [1.82, 2.24) is 0 Å². The molecule has 0 radical (unpaired) electrons. The molecule has 11 heavy (non-hydrogen) atoms. The number of aliphatic hydroxyl groups is 1. The van der Waals surface area contributed by atoms with Gasteiger partial charge in [0.15, 0.2) is 0 Å². The van der Waals surface area contributed by atoms with Crippen LogP contribution in [0, 0.1) is 0 Å². The zero-order chi connectivity index (χ0) is 8.43. The molecule has 60 valence electrons. The van der Waals surface area contributed by atoms with Crippen LogP contribution in [0.2, 0.25) is 10.0 Å². The first-order valence-corrected chi connectivity index (χ1v) is 3.75. The molecule has 0 atom stereocenters. The van der Waals surface area contributed by atoms with Crippen molar-refractivity contribution in [2.75, 3.05) is 5.73 Å². The third-order valence-electron chi connectivity index (χ3n) is 1.39. The lowest BCUT2D eigenvalue weighted by Crippen LogP contribution is -1.94. The summed E-state index contributed by atoms with van der Waals surface area (Å²) in [6.07, 6.45) is 0. The van der Waals surface area contributed by atoms with Gasteiger partial charge in [-0.05, 0) is 12.1 Å². The Morgan fingerprint density at radius 2 is 2.00 bits per heavy atom. The number of nitrogen functional groups attached to an aromatic ring is 1. The first-order chi connectivity index (χ1) is 5.16. The minimum Gasteiger partial charge on any atom is -0.398 e. The molecule has 0 spiro atoms. The molecule has 0 heterocycles. The van der Waals surface area contributed by atoms with E-state index >= 15 is 0 Å². The molecule has 0 aromatic heterocycles. The van der Waals surface area contributed by atoms with Crippen molar-refractivity contribution in [3.63, 3.8) is 0 Å². The van der Waals surface area contributed by atoms with E-state index in [2.05, 4.69) is 0 Å². The van der Waals surface area contributed by atoms with Crippen molar-refractivity contribution in [2.45, 2.75) is 6.61 Å². The molecule has 0 bridgehead atoms. The van der Waals surface area contributed by atoms with Gasteiger partial charge < -0.3 is 10.8 Å². The molecule has 4 heteroatoms. The maximum Gasteiger partial charge on any atom is 0.0717 e. The average molecular weight is 192 g/mol. The maximum absolute atomic E-state index is 8.80. The summed E-state index contributed by atoms with van der Waals surface area (Å²) >= 11 is 11.4. The fourth-order valence-electron chi connectivity index (χ4n) is 0.768. The molecular formula is C7H7Cl2NO. The van der Waals surface area contributed by atoms with E-state index in [1.807, 2.05) is 0 Å². The SMILES string of the molecule is Nc1ccc(Cl)c(Cl)c1CO. The van der Waals surface area contributed by atoms with Crippen LogP contribution < -0.4 is 5.73 Å². The Labute approximate surface area is 74.5 Å². The van der Waals surface area contributed by atoms with E-state index in [0.717, 1.165) is 0 Å². The van der Waals surface area contributed by atoms with Gasteiger partial charge in [-0.3, -0.25) is 0 Å². The van der Waals surface area contributed by atoms with Crippen LogP contribution in [0.3, 0.4) is 0 Å². The molecule has 0 aliphatic heterocycles. The number of rotatable bonds is 1. The zero-order valence-electron chi connectivity index (χ0n) is 5.64. The zero-order valence-corrected chi connectivity index (χ0v) is 7.15. The highest BCUT2D eigenvalue weighted by molar-refractivity contribution is 6.42. The minimum absolute atomic E-state index is 0.189. The summed E-state index contributed by atoms with van der Waals surface area (Å²) < 4.78 is 0. The van der Waals surface area contributed by atoms with Crippen molar-refractivity contribution in [2.24, 2.45) is 0 Å². The van der Waals surface area contributed by atoms with E-state index in [4.69, 9.17) is 34.0 Å². The highest BCUT2D eigenvalue weighted by atomic mass is 35.5. The highest BCUT2D eigenvalue weighted by Crippen LogP contribution is 2.29. The predicted molar refractivity (Wildman–Crippen MR) is 46.8 cm³/mol. The summed E-state index contributed by atoms with van der Waals surface area (Å²) in [4.78, 5) is 0. The predicted octanol–water partition coefficient (Wildman–Crippen LogP) is 2.07. The van der Waals surface area contributed by atoms with Gasteiger partial charge in [0.2, 0.25) is 0 Å². The first kappa shape index (κ1) is 8.65. The second kappa shape index (κ2) is 3.30. The van der Waals surface area contributed by atoms with E-state index in [1.165, 1.54) is 0 Å². The number of aliphatic hydroxyl groups excluding tert-OH is 1. The lowest BCUT2D eigenvalue weighted by Gasteiger charge is -2.05. The van der Waals surface area contributed by atoms with Crippen molar-refractivity contribution in [3.8, 4) is 0 Å². The summed E-state index contributed by atoms with van der Waals surface area (Å²) in [5, 5.41) is 9.54. The Kier molecular flexibility index (Phi) is 2.60. The van der Waals surface area contributed by atoms with Gasteiger partial charge in [0.05, 0.1) is 16.7 Å². The molecule has 1 rings (SSSR count). The molecule has 0 amide bonds.